The molecular weight excluding hydrogens is 240 g/mol. The van der Waals surface area contributed by atoms with Crippen molar-refractivity contribution in [3.05, 3.63) is 47.5 Å². The minimum atomic E-state index is -0.112. The van der Waals surface area contributed by atoms with Gasteiger partial charge < -0.3 is 4.90 Å². The molecule has 1 amide bonds. The molecular formula is C14H16N4O. The molecule has 3 rings (SSSR count). The first-order valence-corrected chi connectivity index (χ1v) is 6.47. The van der Waals surface area contributed by atoms with Crippen LogP contribution in [0.2, 0.25) is 0 Å². The standard InChI is InChI=1S/C14H16N4O/c1-18(14(19)13-15-9-16-17-13)12-8-4-6-10-5-2-3-7-11(10)12/h2-3,5,7,9,12H,4,6,8H2,1H3,(H,15,16,17). The van der Waals surface area contributed by atoms with E-state index in [0.29, 0.717) is 5.82 Å². The van der Waals surface area contributed by atoms with Crippen LogP contribution in [0.15, 0.2) is 30.6 Å². The Bertz CT molecular complexity index is 579. The lowest BCUT2D eigenvalue weighted by Crippen LogP contribution is -2.34. The molecule has 0 saturated heterocycles. The van der Waals surface area contributed by atoms with Crippen LogP contribution in [0.3, 0.4) is 0 Å². The number of nitrogens with one attached hydrogen (secondary N) is 1. The highest BCUT2D eigenvalue weighted by Crippen LogP contribution is 2.33. The van der Waals surface area contributed by atoms with Crippen LogP contribution in [0.4, 0.5) is 0 Å². The first kappa shape index (κ1) is 11.9. The number of hydrogen-bond acceptors (Lipinski definition) is 3. The number of rotatable bonds is 2. The van der Waals surface area contributed by atoms with E-state index in [0.717, 1.165) is 19.3 Å². The minimum absolute atomic E-state index is 0.112. The number of benzene rings is 1. The highest BCUT2D eigenvalue weighted by atomic mass is 16.2. The summed E-state index contributed by atoms with van der Waals surface area (Å²) in [4.78, 5) is 18.0. The van der Waals surface area contributed by atoms with Gasteiger partial charge in [0.2, 0.25) is 5.82 Å². The lowest BCUT2D eigenvalue weighted by Gasteiger charge is -2.32. The van der Waals surface area contributed by atoms with Crippen LogP contribution < -0.4 is 0 Å². The fraction of sp³-hybridized carbons (Fsp3) is 0.357. The van der Waals surface area contributed by atoms with Gasteiger partial charge in [-0.1, -0.05) is 24.3 Å². The fourth-order valence-electron chi connectivity index (χ4n) is 2.75. The number of fused-ring (bicyclic) bond motifs is 1. The van der Waals surface area contributed by atoms with Gasteiger partial charge in [0, 0.05) is 7.05 Å². The molecule has 2 aromatic rings. The largest absolute Gasteiger partial charge is 0.332 e. The summed E-state index contributed by atoms with van der Waals surface area (Å²) < 4.78 is 0. The van der Waals surface area contributed by atoms with Crippen molar-refractivity contribution < 1.29 is 4.79 Å². The average molecular weight is 256 g/mol. The number of carbonyl (C=O) groups is 1. The number of hydrogen-bond donors (Lipinski definition) is 1. The Hall–Kier alpha value is -2.17. The number of nitrogens with zero attached hydrogens (tertiary/aromatic N) is 3. The van der Waals surface area contributed by atoms with Crippen LogP contribution in [0.1, 0.15) is 40.6 Å². The average Bonchev–Trinajstić information content (AvgIpc) is 2.99. The lowest BCUT2D eigenvalue weighted by molar-refractivity contribution is 0.0703. The van der Waals surface area contributed by atoms with E-state index in [1.165, 1.54) is 17.5 Å². The molecule has 1 atom stereocenters. The molecule has 0 aliphatic heterocycles. The molecule has 1 aromatic heterocycles. The van der Waals surface area contributed by atoms with Crippen LogP contribution in [-0.4, -0.2) is 33.0 Å². The summed E-state index contributed by atoms with van der Waals surface area (Å²) in [5.41, 5.74) is 2.60. The second-order valence-electron chi connectivity index (χ2n) is 4.86. The number of aromatic amines is 1. The van der Waals surface area contributed by atoms with Gasteiger partial charge in [0.1, 0.15) is 6.33 Å². The van der Waals surface area contributed by atoms with Gasteiger partial charge in [0.25, 0.3) is 5.91 Å². The molecule has 0 bridgehead atoms. The van der Waals surface area contributed by atoms with Crippen LogP contribution in [-0.2, 0) is 6.42 Å². The maximum Gasteiger partial charge on any atom is 0.291 e. The SMILES string of the molecule is CN(C(=O)c1ncn[nH]1)C1CCCc2ccccc21. The minimum Gasteiger partial charge on any atom is -0.332 e. The molecule has 1 N–H and O–H groups in total. The van der Waals surface area contributed by atoms with Gasteiger partial charge >= 0.3 is 0 Å². The van der Waals surface area contributed by atoms with Crippen molar-refractivity contribution in [2.45, 2.75) is 25.3 Å². The Kier molecular flexibility index (Phi) is 3.03. The highest BCUT2D eigenvalue weighted by molar-refractivity contribution is 5.90. The van der Waals surface area contributed by atoms with Crippen LogP contribution in [0.25, 0.3) is 0 Å². The maximum absolute atomic E-state index is 12.3. The first-order chi connectivity index (χ1) is 9.27. The molecule has 1 aromatic carbocycles. The normalized spacial score (nSPS) is 17.8. The van der Waals surface area contributed by atoms with Gasteiger partial charge in [-0.25, -0.2) is 4.98 Å². The summed E-state index contributed by atoms with van der Waals surface area (Å²) in [6.07, 6.45) is 4.55. The second kappa shape index (κ2) is 4.84. The lowest BCUT2D eigenvalue weighted by atomic mass is 9.87. The third-order valence-electron chi connectivity index (χ3n) is 3.74. The van der Waals surface area contributed by atoms with Crippen LogP contribution >= 0.6 is 0 Å². The topological polar surface area (TPSA) is 61.9 Å². The van der Waals surface area contributed by atoms with Crippen LogP contribution in [0.5, 0.6) is 0 Å². The molecule has 1 unspecified atom stereocenters. The van der Waals surface area contributed by atoms with E-state index in [1.807, 2.05) is 13.1 Å². The molecule has 1 heterocycles. The Labute approximate surface area is 111 Å². The Morgan fingerprint density at radius 2 is 2.26 bits per heavy atom. The highest BCUT2D eigenvalue weighted by Gasteiger charge is 2.28. The number of aromatic nitrogens is 3. The van der Waals surface area contributed by atoms with Crippen molar-refractivity contribution in [2.24, 2.45) is 0 Å². The monoisotopic (exact) mass is 256 g/mol. The Morgan fingerprint density at radius 1 is 1.42 bits per heavy atom. The fourth-order valence-corrected chi connectivity index (χ4v) is 2.75. The quantitative estimate of drug-likeness (QED) is 0.893. The molecule has 0 fully saturated rings. The third-order valence-corrected chi connectivity index (χ3v) is 3.74. The first-order valence-electron chi connectivity index (χ1n) is 6.47. The number of aryl methyl sites for hydroxylation is 1. The van der Waals surface area contributed by atoms with Crippen molar-refractivity contribution in [1.29, 1.82) is 0 Å². The molecule has 0 spiro atoms. The van der Waals surface area contributed by atoms with Crippen molar-refractivity contribution in [3.63, 3.8) is 0 Å². The molecule has 98 valence electrons. The molecule has 1 aliphatic rings. The van der Waals surface area contributed by atoms with Crippen LogP contribution in [0, 0.1) is 0 Å². The second-order valence-corrected chi connectivity index (χ2v) is 4.86. The summed E-state index contributed by atoms with van der Waals surface area (Å²) in [5, 5.41) is 6.36. The van der Waals surface area contributed by atoms with Crippen molar-refractivity contribution >= 4 is 5.91 Å². The zero-order valence-corrected chi connectivity index (χ0v) is 10.8. The van der Waals surface area contributed by atoms with E-state index in [1.54, 1.807) is 4.90 Å². The van der Waals surface area contributed by atoms with E-state index >= 15 is 0 Å². The number of H-pyrrole nitrogens is 1. The number of carbonyl (C=O) groups excluding carboxylic acids is 1. The third kappa shape index (κ3) is 2.12. The van der Waals surface area contributed by atoms with Gasteiger partial charge in [0.15, 0.2) is 0 Å². The molecule has 1 aliphatic carbocycles. The van der Waals surface area contributed by atoms with Gasteiger partial charge in [-0.05, 0) is 30.4 Å². The van der Waals surface area contributed by atoms with Crippen molar-refractivity contribution in [3.8, 4) is 0 Å². The molecule has 5 nitrogen and oxygen atoms in total. The van der Waals surface area contributed by atoms with E-state index < -0.39 is 0 Å². The van der Waals surface area contributed by atoms with Gasteiger partial charge in [0.05, 0.1) is 6.04 Å². The summed E-state index contributed by atoms with van der Waals surface area (Å²) in [6.45, 7) is 0. The van der Waals surface area contributed by atoms with E-state index in [9.17, 15) is 4.79 Å². The van der Waals surface area contributed by atoms with Crippen molar-refractivity contribution in [2.75, 3.05) is 7.05 Å². The van der Waals surface area contributed by atoms with E-state index in [4.69, 9.17) is 0 Å². The van der Waals surface area contributed by atoms with Gasteiger partial charge in [-0.3, -0.25) is 9.89 Å². The van der Waals surface area contributed by atoms with Crippen molar-refractivity contribution in [1.82, 2.24) is 20.1 Å². The predicted molar refractivity (Wildman–Crippen MR) is 70.6 cm³/mol. The smallest absolute Gasteiger partial charge is 0.291 e. The predicted octanol–water partition coefficient (Wildman–Crippen LogP) is 1.95. The Balaban J connectivity index is 1.89. The number of amides is 1. The van der Waals surface area contributed by atoms with Gasteiger partial charge in [-0.15, -0.1) is 0 Å². The summed E-state index contributed by atoms with van der Waals surface area (Å²) in [5.74, 6) is 0.185. The summed E-state index contributed by atoms with van der Waals surface area (Å²) in [6, 6.07) is 8.48. The maximum atomic E-state index is 12.3. The summed E-state index contributed by atoms with van der Waals surface area (Å²) in [7, 11) is 1.83. The van der Waals surface area contributed by atoms with Gasteiger partial charge in [-0.2, -0.15) is 5.10 Å². The summed E-state index contributed by atoms with van der Waals surface area (Å²) >= 11 is 0. The van der Waals surface area contributed by atoms with E-state index in [2.05, 4.69) is 33.4 Å². The zero-order valence-electron chi connectivity index (χ0n) is 10.8. The van der Waals surface area contributed by atoms with E-state index in [-0.39, 0.29) is 11.9 Å². The molecule has 19 heavy (non-hydrogen) atoms. The molecule has 0 radical (unpaired) electrons. The molecule has 5 heteroatoms. The Morgan fingerprint density at radius 3 is 3.05 bits per heavy atom. The zero-order chi connectivity index (χ0) is 13.2. The molecule has 0 saturated carbocycles.